The van der Waals surface area contributed by atoms with Crippen LogP contribution in [-0.2, 0) is 14.3 Å². The lowest BCUT2D eigenvalue weighted by Crippen LogP contribution is -2.54. The zero-order valence-corrected chi connectivity index (χ0v) is 23.0. The molecule has 5 aliphatic rings. The fourth-order valence-electron chi connectivity index (χ4n) is 9.67. The molecule has 3 saturated carbocycles. The topological polar surface area (TPSA) is 46.6 Å². The van der Waals surface area contributed by atoms with Gasteiger partial charge in [0.1, 0.15) is 6.10 Å². The molecule has 0 bridgehead atoms. The van der Waals surface area contributed by atoms with E-state index in [9.17, 15) is 9.59 Å². The number of rotatable bonds is 5. The van der Waals surface area contributed by atoms with Crippen molar-refractivity contribution in [2.75, 3.05) is 19.6 Å². The Labute approximate surface area is 213 Å². The van der Waals surface area contributed by atoms with Crippen molar-refractivity contribution in [3.63, 3.8) is 0 Å². The maximum absolute atomic E-state index is 12.7. The number of likely N-dealkylation sites (tertiary alicyclic amines) is 1. The van der Waals surface area contributed by atoms with Crippen LogP contribution < -0.4 is 0 Å². The standard InChI is InChI=1S/C31H49NO3/c1-21(33)25-9-10-26-24-8-7-22-19-23(11-15-30(22,4)27(24)12-16-31(25,26)5)35-28(34)13-18-32-17-6-14-29(2,3)20-32/h9,22-24,26-27H,6-8,10-20H2,1-5H3/t22-,23-,24-,26-,27-,30-,31+/m0/s1. The third-order valence-corrected chi connectivity index (χ3v) is 11.5. The first-order chi connectivity index (χ1) is 16.5. The molecular formula is C31H49NO3. The van der Waals surface area contributed by atoms with Crippen molar-refractivity contribution >= 4 is 11.8 Å². The van der Waals surface area contributed by atoms with Gasteiger partial charge in [0.25, 0.3) is 0 Å². The van der Waals surface area contributed by atoms with Crippen molar-refractivity contribution in [2.24, 2.45) is 39.9 Å². The van der Waals surface area contributed by atoms with E-state index in [1.54, 1.807) is 6.92 Å². The summed E-state index contributed by atoms with van der Waals surface area (Å²) >= 11 is 0. The van der Waals surface area contributed by atoms with Crippen molar-refractivity contribution < 1.29 is 14.3 Å². The van der Waals surface area contributed by atoms with E-state index in [2.05, 4.69) is 38.7 Å². The minimum atomic E-state index is 0.0119. The van der Waals surface area contributed by atoms with Crippen LogP contribution in [-0.4, -0.2) is 42.4 Å². The van der Waals surface area contributed by atoms with Gasteiger partial charge in [0.2, 0.25) is 0 Å². The van der Waals surface area contributed by atoms with Gasteiger partial charge in [-0.3, -0.25) is 9.59 Å². The van der Waals surface area contributed by atoms with Crippen LogP contribution in [0.2, 0.25) is 0 Å². The maximum Gasteiger partial charge on any atom is 0.307 e. The predicted octanol–water partition coefficient (Wildman–Crippen LogP) is 6.58. The third-order valence-electron chi connectivity index (χ3n) is 11.5. The molecule has 0 aromatic heterocycles. The molecule has 1 aliphatic heterocycles. The summed E-state index contributed by atoms with van der Waals surface area (Å²) in [5.74, 6) is 3.13. The van der Waals surface area contributed by atoms with Gasteiger partial charge in [0.15, 0.2) is 5.78 Å². The van der Waals surface area contributed by atoms with Gasteiger partial charge in [-0.25, -0.2) is 0 Å². The number of esters is 1. The highest BCUT2D eigenvalue weighted by atomic mass is 16.5. The van der Waals surface area contributed by atoms with Gasteiger partial charge in [-0.15, -0.1) is 0 Å². The Morgan fingerprint density at radius 1 is 1.03 bits per heavy atom. The van der Waals surface area contributed by atoms with Crippen molar-refractivity contribution in [3.8, 4) is 0 Å². The monoisotopic (exact) mass is 483 g/mol. The Morgan fingerprint density at radius 2 is 1.83 bits per heavy atom. The molecule has 4 heteroatoms. The first kappa shape index (κ1) is 25.5. The second-order valence-electron chi connectivity index (χ2n) is 14.2. The highest BCUT2D eigenvalue weighted by Gasteiger charge is 2.59. The molecular weight excluding hydrogens is 434 g/mol. The van der Waals surface area contributed by atoms with Crippen LogP contribution in [0, 0.1) is 39.9 Å². The quantitative estimate of drug-likeness (QED) is 0.415. The van der Waals surface area contributed by atoms with E-state index in [0.717, 1.165) is 62.7 Å². The Balaban J connectivity index is 1.16. The van der Waals surface area contributed by atoms with Crippen LogP contribution in [0.5, 0.6) is 0 Å². The second-order valence-corrected chi connectivity index (χ2v) is 14.2. The van der Waals surface area contributed by atoms with Crippen LogP contribution in [0.25, 0.3) is 0 Å². The van der Waals surface area contributed by atoms with Crippen LogP contribution in [0.3, 0.4) is 0 Å². The molecule has 5 rings (SSSR count). The lowest BCUT2D eigenvalue weighted by atomic mass is 9.44. The molecule has 7 atom stereocenters. The molecule has 1 saturated heterocycles. The number of Topliss-reactive ketones (excluding diaryl/α,β-unsaturated/α-hetero) is 1. The predicted molar refractivity (Wildman–Crippen MR) is 140 cm³/mol. The van der Waals surface area contributed by atoms with Gasteiger partial charge in [0, 0.05) is 13.1 Å². The highest BCUT2D eigenvalue weighted by molar-refractivity contribution is 5.95. The molecule has 0 amide bonds. The summed E-state index contributed by atoms with van der Waals surface area (Å²) in [4.78, 5) is 27.5. The van der Waals surface area contributed by atoms with Gasteiger partial charge in [-0.2, -0.15) is 0 Å². The average Bonchev–Trinajstić information content (AvgIpc) is 3.15. The summed E-state index contributed by atoms with van der Waals surface area (Å²) in [6.07, 6.45) is 14.8. The van der Waals surface area contributed by atoms with Crippen molar-refractivity contribution in [3.05, 3.63) is 11.6 Å². The molecule has 0 unspecified atom stereocenters. The Hall–Kier alpha value is -1.16. The van der Waals surface area contributed by atoms with E-state index in [1.165, 1.54) is 38.5 Å². The Morgan fingerprint density at radius 3 is 2.57 bits per heavy atom. The number of carbonyl (C=O) groups is 2. The molecule has 35 heavy (non-hydrogen) atoms. The van der Waals surface area contributed by atoms with E-state index < -0.39 is 0 Å². The van der Waals surface area contributed by atoms with E-state index in [0.29, 0.717) is 34.9 Å². The number of hydrogen-bond acceptors (Lipinski definition) is 4. The summed E-state index contributed by atoms with van der Waals surface area (Å²) in [6.45, 7) is 14.4. The number of carbonyl (C=O) groups excluding carboxylic acids is 2. The van der Waals surface area contributed by atoms with Crippen molar-refractivity contribution in [1.82, 2.24) is 4.90 Å². The number of ketones is 1. The number of fused-ring (bicyclic) bond motifs is 5. The summed E-state index contributed by atoms with van der Waals surface area (Å²) in [7, 11) is 0. The van der Waals surface area contributed by atoms with E-state index in [1.807, 2.05) is 0 Å². The number of ether oxygens (including phenoxy) is 1. The zero-order valence-electron chi connectivity index (χ0n) is 23.0. The number of piperidine rings is 1. The normalized spacial score (nSPS) is 42.9. The molecule has 4 fully saturated rings. The number of allylic oxidation sites excluding steroid dienone is 2. The minimum Gasteiger partial charge on any atom is -0.462 e. The fraction of sp³-hybridized carbons (Fsp3) is 0.871. The van der Waals surface area contributed by atoms with Crippen molar-refractivity contribution in [2.45, 2.75) is 111 Å². The van der Waals surface area contributed by atoms with Gasteiger partial charge in [-0.1, -0.05) is 33.8 Å². The maximum atomic E-state index is 12.7. The van der Waals surface area contributed by atoms with E-state index in [-0.39, 0.29) is 17.5 Å². The Bertz CT molecular complexity index is 876. The second kappa shape index (κ2) is 9.30. The summed E-state index contributed by atoms with van der Waals surface area (Å²) in [5.41, 5.74) is 1.96. The number of hydrogen-bond donors (Lipinski definition) is 0. The number of nitrogens with zero attached hydrogens (tertiary/aromatic N) is 1. The largest absolute Gasteiger partial charge is 0.462 e. The van der Waals surface area contributed by atoms with Crippen molar-refractivity contribution in [1.29, 1.82) is 0 Å². The smallest absolute Gasteiger partial charge is 0.307 e. The van der Waals surface area contributed by atoms with Crippen LogP contribution in [0.4, 0.5) is 0 Å². The lowest BCUT2D eigenvalue weighted by Gasteiger charge is -2.60. The Kier molecular flexibility index (Phi) is 6.77. The molecule has 0 radical (unpaired) electrons. The van der Waals surface area contributed by atoms with Gasteiger partial charge >= 0.3 is 5.97 Å². The lowest BCUT2D eigenvalue weighted by molar-refractivity contribution is -0.161. The molecule has 0 spiro atoms. The molecule has 196 valence electrons. The van der Waals surface area contributed by atoms with Crippen LogP contribution in [0.1, 0.15) is 105 Å². The summed E-state index contributed by atoms with van der Waals surface area (Å²) in [6, 6.07) is 0. The SMILES string of the molecule is CC(=O)C1=CC[C@H]2[C@@H]3CC[C@H]4C[C@@H](OC(=O)CCN5CCCC(C)(C)C5)CC[C@]4(C)[C@H]3CC[C@]12C. The average molecular weight is 484 g/mol. The molecule has 0 N–H and O–H groups in total. The molecule has 0 aromatic carbocycles. The van der Waals surface area contributed by atoms with Gasteiger partial charge in [-0.05, 0) is 123 Å². The third kappa shape index (κ3) is 4.66. The van der Waals surface area contributed by atoms with E-state index >= 15 is 0 Å². The minimum absolute atomic E-state index is 0.0119. The van der Waals surface area contributed by atoms with E-state index in [4.69, 9.17) is 4.74 Å². The zero-order chi connectivity index (χ0) is 25.0. The summed E-state index contributed by atoms with van der Waals surface area (Å²) < 4.78 is 6.08. The molecule has 1 heterocycles. The molecule has 4 aliphatic carbocycles. The van der Waals surface area contributed by atoms with Crippen LogP contribution in [0.15, 0.2) is 11.6 Å². The molecule has 0 aromatic rings. The first-order valence-electron chi connectivity index (χ1n) is 14.7. The van der Waals surface area contributed by atoms with Gasteiger partial charge < -0.3 is 9.64 Å². The molecule has 4 nitrogen and oxygen atoms in total. The van der Waals surface area contributed by atoms with Gasteiger partial charge in [0.05, 0.1) is 6.42 Å². The highest BCUT2D eigenvalue weighted by Crippen LogP contribution is 2.66. The first-order valence-corrected chi connectivity index (χ1v) is 14.7. The van der Waals surface area contributed by atoms with Crippen LogP contribution >= 0.6 is 0 Å². The summed E-state index contributed by atoms with van der Waals surface area (Å²) in [5, 5.41) is 0. The fourth-order valence-corrected chi connectivity index (χ4v) is 9.67.